The van der Waals surface area contributed by atoms with E-state index in [9.17, 15) is 0 Å². The minimum Gasteiger partial charge on any atom is -0.396 e. The minimum atomic E-state index is 0.121. The summed E-state index contributed by atoms with van der Waals surface area (Å²) in [5.41, 5.74) is 1.88. The molecule has 1 aromatic rings. The molecule has 1 unspecified atom stereocenters. The normalized spacial score (nSPS) is 12.9. The smallest absolute Gasteiger partial charge is 0.0863 e. The first-order valence-corrected chi connectivity index (χ1v) is 6.55. The van der Waals surface area contributed by atoms with Crippen LogP contribution >= 0.6 is 11.6 Å². The van der Waals surface area contributed by atoms with Gasteiger partial charge in [-0.2, -0.15) is 5.10 Å². The highest BCUT2D eigenvalue weighted by atomic mass is 35.5. The van der Waals surface area contributed by atoms with Gasteiger partial charge in [-0.3, -0.25) is 4.68 Å². The SMILES string of the molecule is CCc1nn(C)c(CNC(CCO)COC)c1Cl. The number of aliphatic hydroxyl groups excluding tert-OH is 1. The molecule has 0 aliphatic rings. The Kier molecular flexibility index (Phi) is 6.63. The van der Waals surface area contributed by atoms with Crippen LogP contribution in [-0.2, 0) is 24.8 Å². The second kappa shape index (κ2) is 7.74. The maximum absolute atomic E-state index is 8.97. The fourth-order valence-corrected chi connectivity index (χ4v) is 2.21. The van der Waals surface area contributed by atoms with Gasteiger partial charge < -0.3 is 15.2 Å². The van der Waals surface area contributed by atoms with Crippen molar-refractivity contribution in [2.75, 3.05) is 20.3 Å². The highest BCUT2D eigenvalue weighted by Gasteiger charge is 2.14. The Morgan fingerprint density at radius 3 is 2.78 bits per heavy atom. The average Bonchev–Trinajstić information content (AvgIpc) is 2.62. The molecule has 0 spiro atoms. The molecule has 0 aromatic carbocycles. The quantitative estimate of drug-likeness (QED) is 0.747. The van der Waals surface area contributed by atoms with Crippen molar-refractivity contribution < 1.29 is 9.84 Å². The molecule has 0 aliphatic carbocycles. The van der Waals surface area contributed by atoms with Crippen molar-refractivity contribution in [2.45, 2.75) is 32.4 Å². The van der Waals surface area contributed by atoms with E-state index in [0.29, 0.717) is 19.6 Å². The molecule has 18 heavy (non-hydrogen) atoms. The number of aromatic nitrogens is 2. The maximum atomic E-state index is 8.97. The lowest BCUT2D eigenvalue weighted by molar-refractivity contribution is 0.147. The van der Waals surface area contributed by atoms with Crippen LogP contribution in [0.4, 0.5) is 0 Å². The topological polar surface area (TPSA) is 59.3 Å². The van der Waals surface area contributed by atoms with E-state index in [-0.39, 0.29) is 12.6 Å². The number of rotatable bonds is 8. The molecule has 1 rings (SSSR count). The van der Waals surface area contributed by atoms with Gasteiger partial charge in [0.25, 0.3) is 0 Å². The second-order valence-corrected chi connectivity index (χ2v) is 4.61. The van der Waals surface area contributed by atoms with Crippen LogP contribution < -0.4 is 5.32 Å². The van der Waals surface area contributed by atoms with Crippen LogP contribution in [-0.4, -0.2) is 41.3 Å². The summed E-state index contributed by atoms with van der Waals surface area (Å²) in [5, 5.41) is 17.4. The van der Waals surface area contributed by atoms with E-state index < -0.39 is 0 Å². The number of ether oxygens (including phenoxy) is 1. The third-order valence-corrected chi connectivity index (χ3v) is 3.34. The van der Waals surface area contributed by atoms with E-state index >= 15 is 0 Å². The highest BCUT2D eigenvalue weighted by Crippen LogP contribution is 2.20. The van der Waals surface area contributed by atoms with Crippen LogP contribution in [0.25, 0.3) is 0 Å². The number of aryl methyl sites for hydroxylation is 2. The predicted molar refractivity (Wildman–Crippen MR) is 71.8 cm³/mol. The lowest BCUT2D eigenvalue weighted by Crippen LogP contribution is -2.34. The number of halogens is 1. The Hall–Kier alpha value is -0.620. The summed E-state index contributed by atoms with van der Waals surface area (Å²) in [6.45, 7) is 3.36. The number of hydrogen-bond donors (Lipinski definition) is 2. The van der Waals surface area contributed by atoms with Crippen molar-refractivity contribution >= 4 is 11.6 Å². The minimum absolute atomic E-state index is 0.121. The summed E-state index contributed by atoms with van der Waals surface area (Å²) >= 11 is 6.26. The summed E-state index contributed by atoms with van der Waals surface area (Å²) in [5.74, 6) is 0. The molecule has 0 fully saturated rings. The van der Waals surface area contributed by atoms with Crippen molar-refractivity contribution in [2.24, 2.45) is 7.05 Å². The summed E-state index contributed by atoms with van der Waals surface area (Å²) in [6.07, 6.45) is 1.48. The van der Waals surface area contributed by atoms with Crippen LogP contribution in [0.1, 0.15) is 24.7 Å². The molecule has 0 bridgehead atoms. The van der Waals surface area contributed by atoms with Gasteiger partial charge in [0.15, 0.2) is 0 Å². The molecule has 1 heterocycles. The highest BCUT2D eigenvalue weighted by molar-refractivity contribution is 6.31. The van der Waals surface area contributed by atoms with Gasteiger partial charge in [0, 0.05) is 33.4 Å². The molecule has 0 saturated carbocycles. The molecule has 2 N–H and O–H groups in total. The summed E-state index contributed by atoms with van der Waals surface area (Å²) < 4.78 is 6.91. The van der Waals surface area contributed by atoms with Gasteiger partial charge in [0.2, 0.25) is 0 Å². The molecule has 0 amide bonds. The number of nitrogens with zero attached hydrogens (tertiary/aromatic N) is 2. The Bertz CT molecular complexity index is 362. The zero-order chi connectivity index (χ0) is 13.5. The first-order chi connectivity index (χ1) is 8.63. The zero-order valence-electron chi connectivity index (χ0n) is 11.2. The first kappa shape index (κ1) is 15.4. The van der Waals surface area contributed by atoms with Crippen LogP contribution in [0, 0.1) is 0 Å². The van der Waals surface area contributed by atoms with Crippen molar-refractivity contribution in [1.29, 1.82) is 0 Å². The number of methoxy groups -OCH3 is 1. The van der Waals surface area contributed by atoms with Gasteiger partial charge in [-0.1, -0.05) is 18.5 Å². The second-order valence-electron chi connectivity index (χ2n) is 4.23. The molecule has 104 valence electrons. The van der Waals surface area contributed by atoms with Gasteiger partial charge in [-0.15, -0.1) is 0 Å². The van der Waals surface area contributed by atoms with Crippen molar-refractivity contribution in [3.05, 3.63) is 16.4 Å². The fourth-order valence-electron chi connectivity index (χ4n) is 1.85. The number of hydrogen-bond acceptors (Lipinski definition) is 4. The predicted octanol–water partition coefficient (Wildman–Crippen LogP) is 1.12. The van der Waals surface area contributed by atoms with E-state index in [1.807, 2.05) is 14.0 Å². The van der Waals surface area contributed by atoms with E-state index in [4.69, 9.17) is 21.4 Å². The van der Waals surface area contributed by atoms with Crippen molar-refractivity contribution in [3.8, 4) is 0 Å². The summed E-state index contributed by atoms with van der Waals surface area (Å²) in [6, 6.07) is 0.121. The van der Waals surface area contributed by atoms with Gasteiger partial charge >= 0.3 is 0 Å². The fraction of sp³-hybridized carbons (Fsp3) is 0.750. The molecular weight excluding hydrogens is 254 g/mol. The molecule has 5 nitrogen and oxygen atoms in total. The number of aliphatic hydroxyl groups is 1. The van der Waals surface area contributed by atoms with Gasteiger partial charge in [-0.25, -0.2) is 0 Å². The zero-order valence-corrected chi connectivity index (χ0v) is 12.0. The molecular formula is C12H22ClN3O2. The number of nitrogens with one attached hydrogen (secondary N) is 1. The Morgan fingerprint density at radius 2 is 2.28 bits per heavy atom. The van der Waals surface area contributed by atoms with Gasteiger partial charge in [0.1, 0.15) is 0 Å². The van der Waals surface area contributed by atoms with E-state index in [1.54, 1.807) is 11.8 Å². The molecule has 1 aromatic heterocycles. The van der Waals surface area contributed by atoms with Crippen LogP contribution in [0.3, 0.4) is 0 Å². The third kappa shape index (κ3) is 3.95. The average molecular weight is 276 g/mol. The summed E-state index contributed by atoms with van der Waals surface area (Å²) in [7, 11) is 3.54. The van der Waals surface area contributed by atoms with E-state index in [2.05, 4.69) is 10.4 Å². The lowest BCUT2D eigenvalue weighted by atomic mass is 10.2. The van der Waals surface area contributed by atoms with Crippen LogP contribution in [0.5, 0.6) is 0 Å². The lowest BCUT2D eigenvalue weighted by Gasteiger charge is -2.16. The Morgan fingerprint density at radius 1 is 1.56 bits per heavy atom. The maximum Gasteiger partial charge on any atom is 0.0863 e. The summed E-state index contributed by atoms with van der Waals surface area (Å²) in [4.78, 5) is 0. The van der Waals surface area contributed by atoms with E-state index in [0.717, 1.165) is 22.8 Å². The third-order valence-electron chi connectivity index (χ3n) is 2.91. The van der Waals surface area contributed by atoms with Crippen LogP contribution in [0.2, 0.25) is 5.02 Å². The monoisotopic (exact) mass is 275 g/mol. The largest absolute Gasteiger partial charge is 0.396 e. The Balaban J connectivity index is 2.63. The molecule has 0 saturated heterocycles. The molecule has 0 radical (unpaired) electrons. The van der Waals surface area contributed by atoms with Gasteiger partial charge in [0.05, 0.1) is 23.0 Å². The van der Waals surface area contributed by atoms with Crippen LogP contribution in [0.15, 0.2) is 0 Å². The Labute approximate surface area is 113 Å². The molecule has 0 aliphatic heterocycles. The van der Waals surface area contributed by atoms with Crippen molar-refractivity contribution in [3.63, 3.8) is 0 Å². The first-order valence-electron chi connectivity index (χ1n) is 6.17. The standard InChI is InChI=1S/C12H22ClN3O2/c1-4-10-12(13)11(16(2)15-10)7-14-9(5-6-17)8-18-3/h9,14,17H,4-8H2,1-3H3. The van der Waals surface area contributed by atoms with Gasteiger partial charge in [-0.05, 0) is 12.8 Å². The molecule has 6 heteroatoms. The van der Waals surface area contributed by atoms with E-state index in [1.165, 1.54) is 0 Å². The molecule has 1 atom stereocenters. The van der Waals surface area contributed by atoms with Crippen molar-refractivity contribution in [1.82, 2.24) is 15.1 Å².